The van der Waals surface area contributed by atoms with Crippen molar-refractivity contribution >= 4 is 86.9 Å². The van der Waals surface area contributed by atoms with E-state index in [1.54, 1.807) is 0 Å². The number of nitrogens with zero attached hydrogens (tertiary/aromatic N) is 2. The molecule has 114 valence electrons. The van der Waals surface area contributed by atoms with Gasteiger partial charge in [0.1, 0.15) is 0 Å². The van der Waals surface area contributed by atoms with Crippen LogP contribution in [0, 0.1) is 0 Å². The van der Waals surface area contributed by atoms with Crippen LogP contribution in [0.1, 0.15) is 0 Å². The van der Waals surface area contributed by atoms with Crippen LogP contribution in [-0.4, -0.2) is 57.6 Å². The maximum absolute atomic E-state index is 5.80. The number of halogens is 3. The summed E-state index contributed by atoms with van der Waals surface area (Å²) in [5.74, 6) is 0. The van der Waals surface area contributed by atoms with Crippen molar-refractivity contribution in [1.29, 1.82) is 0 Å². The van der Waals surface area contributed by atoms with Gasteiger partial charge in [0, 0.05) is 0 Å². The van der Waals surface area contributed by atoms with Crippen molar-refractivity contribution in [3.8, 4) is 0 Å². The van der Waals surface area contributed by atoms with Crippen LogP contribution >= 0.6 is 33.2 Å². The molecule has 0 heterocycles. The van der Waals surface area contributed by atoms with Crippen molar-refractivity contribution < 1.29 is 18.9 Å². The average Bonchev–Trinajstić information content (AvgIpc) is 2.18. The first-order chi connectivity index (χ1) is 8.26. The van der Waals surface area contributed by atoms with Gasteiger partial charge in [0.05, 0.1) is 18.6 Å². The summed E-state index contributed by atoms with van der Waals surface area (Å²) < 4.78 is 7.15. The third-order valence-corrected chi connectivity index (χ3v) is 19.7. The van der Waals surface area contributed by atoms with Crippen molar-refractivity contribution in [2.24, 2.45) is 0 Å². The second kappa shape index (κ2) is 23.0. The van der Waals surface area contributed by atoms with Gasteiger partial charge in [-0.25, -0.2) is 0 Å². The summed E-state index contributed by atoms with van der Waals surface area (Å²) >= 11 is 15.6. The molecule has 0 rings (SSSR count). The van der Waals surface area contributed by atoms with E-state index in [1.165, 1.54) is 0 Å². The third-order valence-electron chi connectivity index (χ3n) is 1.89. The van der Waals surface area contributed by atoms with Gasteiger partial charge in [0.2, 0.25) is 8.14 Å². The molecule has 0 spiro atoms. The van der Waals surface area contributed by atoms with Crippen molar-refractivity contribution in [3.05, 3.63) is 4.65 Å². The predicted octanol–water partition coefficient (Wildman–Crippen LogP) is -1.56. The Morgan fingerprint density at radius 3 is 1.21 bits per heavy atom. The molecule has 0 radical (unpaired) electrons. The predicted molar refractivity (Wildman–Crippen MR) is 111 cm³/mol. The van der Waals surface area contributed by atoms with E-state index in [9.17, 15) is 0 Å². The summed E-state index contributed by atoms with van der Waals surface area (Å²) in [4.78, 5) is 0. The van der Waals surface area contributed by atoms with E-state index in [1.807, 2.05) is 0 Å². The van der Waals surface area contributed by atoms with Crippen LogP contribution in [0.3, 0.4) is 0 Å². The smallest absolute Gasteiger partial charge is 0.672 e. The van der Waals surface area contributed by atoms with Crippen LogP contribution in [0.4, 0.5) is 0 Å². The SMILES string of the molecule is C[SiH2]N([SiH2]Cl)[SiH](C)C.C[SiH](C)[N-][SiH](C)C.Cl[SiH2]Cl.[Li+]. The molecule has 0 unspecified atom stereocenters. The normalized spacial score (nSPS) is 11.1. The van der Waals surface area contributed by atoms with Crippen molar-refractivity contribution in [2.45, 2.75) is 45.8 Å². The van der Waals surface area contributed by atoms with E-state index in [-0.39, 0.29) is 37.5 Å². The number of rotatable bonds is 5. The van der Waals surface area contributed by atoms with Gasteiger partial charge in [-0.05, 0) is 0 Å². The van der Waals surface area contributed by atoms with Crippen LogP contribution < -0.4 is 18.9 Å². The Balaban J connectivity index is -0.0000000946. The Bertz CT molecular complexity index is 151. The Morgan fingerprint density at radius 1 is 0.895 bits per heavy atom. The molecule has 0 aromatic carbocycles. The molecule has 0 amide bonds. The summed E-state index contributed by atoms with van der Waals surface area (Å²) in [6.45, 7) is 16.1. The molecule has 0 atom stereocenters. The Morgan fingerprint density at radius 2 is 1.21 bits per heavy atom. The van der Waals surface area contributed by atoms with Gasteiger partial charge in [0.25, 0.3) is 0 Å². The van der Waals surface area contributed by atoms with Crippen molar-refractivity contribution in [1.82, 2.24) is 3.90 Å². The molecule has 12 heteroatoms. The van der Waals surface area contributed by atoms with Crippen LogP contribution in [-0.2, 0) is 0 Å². The molecular formula is C7H30Cl3LiN2Si6. The van der Waals surface area contributed by atoms with Gasteiger partial charge >= 0.3 is 18.9 Å². The first-order valence-corrected chi connectivity index (χ1v) is 24.0. The van der Waals surface area contributed by atoms with E-state index < -0.39 is 35.0 Å². The van der Waals surface area contributed by atoms with Crippen molar-refractivity contribution in [3.63, 3.8) is 0 Å². The molecule has 19 heavy (non-hydrogen) atoms. The van der Waals surface area contributed by atoms with Gasteiger partial charge in [0.15, 0.2) is 8.99 Å². The van der Waals surface area contributed by atoms with Crippen LogP contribution in [0.2, 0.25) is 45.8 Å². The zero-order valence-electron chi connectivity index (χ0n) is 13.9. The van der Waals surface area contributed by atoms with E-state index in [0.29, 0.717) is 0 Å². The summed E-state index contributed by atoms with van der Waals surface area (Å²) in [6, 6.07) is 0. The van der Waals surface area contributed by atoms with E-state index >= 15 is 0 Å². The van der Waals surface area contributed by atoms with Crippen molar-refractivity contribution in [2.75, 3.05) is 0 Å². The quantitative estimate of drug-likeness (QED) is 0.386. The number of hydrogen-bond donors (Lipinski definition) is 0. The summed E-state index contributed by atoms with van der Waals surface area (Å²) in [6.07, 6.45) is 0. The monoisotopic (exact) mass is 422 g/mol. The zero-order chi connectivity index (χ0) is 15.1. The fraction of sp³-hybridized carbons (Fsp3) is 1.00. The standard InChI is InChI=1S/C4H14NSi2.C3H14ClNSi3.Cl2H2Si.Li/c1-6(2)5-7(3)4;1-6-5(7-4)8(2)3;1-3-2;/h6-7H,1-4H3;8H,6-7H2,1-3H3;3H2;/q-1;;;+1. The molecule has 0 bridgehead atoms. The summed E-state index contributed by atoms with van der Waals surface area (Å²) in [5.41, 5.74) is 0. The zero-order valence-corrected chi connectivity index (χ0v) is 23.9. The minimum atomic E-state index is -0.639. The average molecular weight is 424 g/mol. The van der Waals surface area contributed by atoms with E-state index in [0.717, 1.165) is 0 Å². The van der Waals surface area contributed by atoms with E-state index in [4.69, 9.17) is 33.2 Å². The Kier molecular flexibility index (Phi) is 35.9. The minimum Gasteiger partial charge on any atom is -0.672 e. The maximum atomic E-state index is 5.80. The van der Waals surface area contributed by atoms with E-state index in [2.05, 4.69) is 54.4 Å². The molecule has 0 aromatic heterocycles. The third kappa shape index (κ3) is 33.5. The molecular weight excluding hydrogens is 394 g/mol. The van der Waals surface area contributed by atoms with Gasteiger partial charge in [-0.3, -0.25) is 0 Å². The molecule has 0 aliphatic heterocycles. The molecule has 0 aromatic rings. The fourth-order valence-electron chi connectivity index (χ4n) is 1.18. The Labute approximate surface area is 159 Å². The van der Waals surface area contributed by atoms with Gasteiger partial charge in [-0.15, -0.1) is 0 Å². The number of hydrogen-bond acceptors (Lipinski definition) is 1. The molecule has 0 N–H and O–H groups in total. The fourth-order valence-corrected chi connectivity index (χ4v) is 14.7. The first-order valence-electron chi connectivity index (χ1n) is 6.38. The minimum absolute atomic E-state index is 0. The molecule has 0 aliphatic carbocycles. The van der Waals surface area contributed by atoms with Crippen LogP contribution in [0.25, 0.3) is 4.65 Å². The molecule has 0 aliphatic rings. The molecule has 0 saturated heterocycles. The van der Waals surface area contributed by atoms with Gasteiger partial charge < -0.3 is 8.54 Å². The topological polar surface area (TPSA) is 17.3 Å². The summed E-state index contributed by atoms with van der Waals surface area (Å²) in [5, 5.41) is 0. The van der Waals surface area contributed by atoms with Gasteiger partial charge in [-0.1, -0.05) is 63.7 Å². The Hall–Kier alpha value is 2.69. The molecule has 0 saturated carbocycles. The van der Waals surface area contributed by atoms with Gasteiger partial charge in [-0.2, -0.15) is 33.2 Å². The van der Waals surface area contributed by atoms with Crippen LogP contribution in [0.15, 0.2) is 0 Å². The van der Waals surface area contributed by atoms with Crippen LogP contribution in [0.5, 0.6) is 0 Å². The molecule has 0 fully saturated rings. The summed E-state index contributed by atoms with van der Waals surface area (Å²) in [7, 11) is -2.37. The first kappa shape index (κ1) is 29.7. The molecule has 2 nitrogen and oxygen atoms in total. The second-order valence-electron chi connectivity index (χ2n) is 4.56. The second-order valence-corrected chi connectivity index (χ2v) is 21.2. The largest absolute Gasteiger partial charge is 1.00 e. The maximum Gasteiger partial charge on any atom is 1.00 e.